The minimum absolute atomic E-state index is 0.00546. The molecule has 1 aliphatic carbocycles. The second kappa shape index (κ2) is 7.55. The van der Waals surface area contributed by atoms with Crippen LogP contribution in [0.3, 0.4) is 0 Å². The third-order valence-electron chi connectivity index (χ3n) is 4.27. The predicted octanol–water partition coefficient (Wildman–Crippen LogP) is -0.597. The van der Waals surface area contributed by atoms with E-state index in [0.717, 1.165) is 39.3 Å². The first-order valence-electron chi connectivity index (χ1n) is 8.62. The summed E-state index contributed by atoms with van der Waals surface area (Å²) in [6.07, 6.45) is 1.47. The van der Waals surface area contributed by atoms with Crippen LogP contribution in [0.5, 0.6) is 0 Å². The van der Waals surface area contributed by atoms with Gasteiger partial charge in [-0.25, -0.2) is 0 Å². The van der Waals surface area contributed by atoms with Crippen molar-refractivity contribution in [3.05, 3.63) is 35.4 Å². The fourth-order valence-corrected chi connectivity index (χ4v) is 3.09. The van der Waals surface area contributed by atoms with E-state index < -0.39 is 9.76 Å². The highest BCUT2D eigenvalue weighted by Crippen LogP contribution is 2.33. The Morgan fingerprint density at radius 2 is 1.64 bits per heavy atom. The molecule has 0 amide bonds. The summed E-state index contributed by atoms with van der Waals surface area (Å²) in [6.45, 7) is 10.8. The van der Waals surface area contributed by atoms with Gasteiger partial charge in [0.25, 0.3) is 0 Å². The molecule has 0 aromatic rings. The second-order valence-electron chi connectivity index (χ2n) is 6.31. The van der Waals surface area contributed by atoms with Gasteiger partial charge in [-0.05, 0) is 6.92 Å². The van der Waals surface area contributed by atoms with Crippen LogP contribution in [0.4, 0.5) is 0 Å². The minimum atomic E-state index is -0.498. The van der Waals surface area contributed by atoms with E-state index >= 15 is 0 Å². The molecule has 0 bridgehead atoms. The molecule has 0 spiro atoms. The molecule has 1 unspecified atom stereocenters. The summed E-state index contributed by atoms with van der Waals surface area (Å²) >= 11 is 0. The number of carbonyl (C=O) groups is 2. The number of carbonyl (C=O) groups excluding carboxylic acids is 2. The normalized spacial score (nSPS) is 22.8. The molecule has 136 valence electrons. The number of Topliss-reactive ketones (excluding diaryl/α,β-unsaturated/α-hetero) is 1. The van der Waals surface area contributed by atoms with Crippen molar-refractivity contribution in [3.63, 3.8) is 0 Å². The van der Waals surface area contributed by atoms with Crippen LogP contribution in [0.15, 0.2) is 35.4 Å². The number of rotatable bonds is 7. The molecule has 25 heavy (non-hydrogen) atoms. The summed E-state index contributed by atoms with van der Waals surface area (Å²) in [4.78, 5) is 30.5. The first kappa shape index (κ1) is 17.9. The van der Waals surface area contributed by atoms with Gasteiger partial charge in [-0.1, -0.05) is 5.70 Å². The topological polar surface area (TPSA) is 61.6 Å². The van der Waals surface area contributed by atoms with E-state index in [1.54, 1.807) is 7.11 Å². The summed E-state index contributed by atoms with van der Waals surface area (Å²) < 4.78 is 9.96. The number of ketones is 2. The maximum atomic E-state index is 12.4. The van der Waals surface area contributed by atoms with Crippen LogP contribution in [0.2, 0.25) is 0 Å². The Morgan fingerprint density at radius 1 is 1.08 bits per heavy atom. The smallest absolute Gasteiger partial charge is 0.227 e. The lowest BCUT2D eigenvalue weighted by Gasteiger charge is -2.21. The first-order chi connectivity index (χ1) is 12.1. The van der Waals surface area contributed by atoms with Crippen molar-refractivity contribution in [2.24, 2.45) is 0 Å². The van der Waals surface area contributed by atoms with Crippen molar-refractivity contribution in [2.45, 2.75) is 13.2 Å². The van der Waals surface area contributed by atoms with Crippen LogP contribution in [0.25, 0.3) is 0 Å². The molecule has 4 aliphatic rings. The molecule has 3 saturated heterocycles. The Labute approximate surface area is 150 Å². The molecule has 7 nitrogen and oxygen atoms in total. The van der Waals surface area contributed by atoms with Gasteiger partial charge in [0.05, 0.1) is 5.70 Å². The lowest BCUT2D eigenvalue weighted by Crippen LogP contribution is -2.29. The highest BCUT2D eigenvalue weighted by Gasteiger charge is 2.43. The number of nitrogens with zero attached hydrogens (tertiary/aromatic N) is 3. The summed E-state index contributed by atoms with van der Waals surface area (Å²) in [6, 6.07) is 0. The van der Waals surface area contributed by atoms with Crippen LogP contribution in [0, 0.1) is 0 Å². The molecule has 0 radical (unpaired) electrons. The number of allylic oxidation sites excluding steroid dienone is 1. The third kappa shape index (κ3) is 4.39. The average molecular weight is 363 g/mol. The summed E-state index contributed by atoms with van der Waals surface area (Å²) in [5.41, 5.74) is 3.72. The van der Waals surface area contributed by atoms with E-state index in [1.807, 2.05) is 27.3 Å². The molecule has 0 aromatic heterocycles. The van der Waals surface area contributed by atoms with Crippen LogP contribution < -0.4 is 0 Å². The highest BCUT2D eigenvalue weighted by atomic mass is 28.2. The predicted molar refractivity (Wildman–Crippen MR) is 96.1 cm³/mol. The lowest BCUT2D eigenvalue weighted by atomic mass is 10.0. The van der Waals surface area contributed by atoms with Gasteiger partial charge in [-0.15, -0.1) is 6.58 Å². The quantitative estimate of drug-likeness (QED) is 0.259. The Hall–Kier alpha value is -1.90. The van der Waals surface area contributed by atoms with Gasteiger partial charge >= 0.3 is 0 Å². The van der Waals surface area contributed by atoms with Gasteiger partial charge in [0, 0.05) is 52.5 Å². The van der Waals surface area contributed by atoms with Gasteiger partial charge in [0.1, 0.15) is 17.7 Å². The molecule has 0 saturated carbocycles. The molecule has 0 N–H and O–H groups in total. The zero-order valence-corrected chi connectivity index (χ0v) is 16.3. The van der Waals surface area contributed by atoms with E-state index in [4.69, 9.17) is 9.16 Å². The monoisotopic (exact) mass is 363 g/mol. The number of ether oxygens (including phenoxy) is 1. The lowest BCUT2D eigenvalue weighted by molar-refractivity contribution is -0.117. The SMILES string of the molecule is C=C[SiH2]OC(C)OC.O=C1C=C(N2CC2)C(=O)C(N2CC2)=C1N1CC1. The number of methoxy groups -OCH3 is 1. The number of hydrogen-bond donors (Lipinski definition) is 0. The zero-order valence-electron chi connectivity index (χ0n) is 14.9. The molecule has 1 atom stereocenters. The minimum Gasteiger partial charge on any atom is -0.395 e. The van der Waals surface area contributed by atoms with Gasteiger partial charge in [0.2, 0.25) is 11.6 Å². The first-order valence-corrected chi connectivity index (χ1v) is 10.0. The van der Waals surface area contributed by atoms with Crippen molar-refractivity contribution < 1.29 is 18.8 Å². The van der Waals surface area contributed by atoms with Crippen molar-refractivity contribution in [1.29, 1.82) is 0 Å². The van der Waals surface area contributed by atoms with E-state index in [0.29, 0.717) is 17.1 Å². The van der Waals surface area contributed by atoms with Gasteiger partial charge < -0.3 is 23.9 Å². The molecular formula is C17H25N3O4Si. The standard InChI is InChI=1S/C12H13N3O2.C5H12O2Si/c16-9-7-8(13-1-2-13)12(17)11(15-5-6-15)10(9)14-3-4-14;1-4-8-7-5(2)6-3/h7H,1-6H2;4-5H,1,8H2,2-3H3. The van der Waals surface area contributed by atoms with Gasteiger partial charge in [-0.3, -0.25) is 9.59 Å². The van der Waals surface area contributed by atoms with Crippen molar-refractivity contribution in [2.75, 3.05) is 46.4 Å². The third-order valence-corrected chi connectivity index (χ3v) is 5.17. The zero-order chi connectivity index (χ0) is 18.0. The van der Waals surface area contributed by atoms with Crippen LogP contribution in [0.1, 0.15) is 6.92 Å². The van der Waals surface area contributed by atoms with Crippen molar-refractivity contribution in [1.82, 2.24) is 14.7 Å². The molecule has 3 aliphatic heterocycles. The second-order valence-corrected chi connectivity index (χ2v) is 7.55. The average Bonchev–Trinajstić information content (AvgIpc) is 3.46. The molecule has 8 heteroatoms. The van der Waals surface area contributed by atoms with Crippen molar-refractivity contribution in [3.8, 4) is 0 Å². The van der Waals surface area contributed by atoms with Crippen LogP contribution >= 0.6 is 0 Å². The Balaban J connectivity index is 0.000000197. The Bertz CT molecular complexity index is 634. The fraction of sp³-hybridized carbons (Fsp3) is 0.529. The van der Waals surface area contributed by atoms with Crippen molar-refractivity contribution >= 4 is 21.3 Å². The molecule has 3 heterocycles. The van der Waals surface area contributed by atoms with E-state index in [1.165, 1.54) is 6.08 Å². The highest BCUT2D eigenvalue weighted by molar-refractivity contribution is 6.34. The fourth-order valence-electron chi connectivity index (χ4n) is 2.55. The molecular weight excluding hydrogens is 338 g/mol. The maximum absolute atomic E-state index is 12.4. The molecule has 3 fully saturated rings. The molecule has 0 aromatic carbocycles. The summed E-state index contributed by atoms with van der Waals surface area (Å²) in [5, 5.41) is 0. The summed E-state index contributed by atoms with van der Waals surface area (Å²) in [7, 11) is 1.13. The van der Waals surface area contributed by atoms with E-state index in [-0.39, 0.29) is 17.9 Å². The number of hydrogen-bond acceptors (Lipinski definition) is 7. The maximum Gasteiger partial charge on any atom is 0.227 e. The molecule has 4 rings (SSSR count). The van der Waals surface area contributed by atoms with Gasteiger partial charge in [-0.2, -0.15) is 0 Å². The van der Waals surface area contributed by atoms with E-state index in [2.05, 4.69) is 6.58 Å². The Morgan fingerprint density at radius 3 is 2.12 bits per heavy atom. The van der Waals surface area contributed by atoms with Crippen LogP contribution in [-0.2, 0) is 18.8 Å². The van der Waals surface area contributed by atoms with Crippen LogP contribution in [-0.4, -0.2) is 88.7 Å². The van der Waals surface area contributed by atoms with Gasteiger partial charge in [0.15, 0.2) is 9.76 Å². The summed E-state index contributed by atoms with van der Waals surface area (Å²) in [5.74, 6) is 0.0485. The largest absolute Gasteiger partial charge is 0.395 e. The van der Waals surface area contributed by atoms with E-state index in [9.17, 15) is 9.59 Å². The Kier molecular flexibility index (Phi) is 5.41.